The molecule has 156 valence electrons. The standard InChI is InChI=1S/C26H34O3/c1-17-13-19(3)22(20(4)14-17)24(27)23(21-11-9-8-10-12-21)25(28)29-16-18(2)15-26(5,6)7/h8-14,18,23H,15-16H2,1-7H3. The minimum Gasteiger partial charge on any atom is -0.465 e. The highest BCUT2D eigenvalue weighted by Crippen LogP contribution is 2.28. The summed E-state index contributed by atoms with van der Waals surface area (Å²) in [4.78, 5) is 26.6. The molecule has 2 atom stereocenters. The van der Waals surface area contributed by atoms with Crippen molar-refractivity contribution in [3.8, 4) is 0 Å². The molecule has 2 rings (SSSR count). The molecule has 29 heavy (non-hydrogen) atoms. The summed E-state index contributed by atoms with van der Waals surface area (Å²) in [6.45, 7) is 14.8. The second-order valence-electron chi connectivity index (χ2n) is 9.48. The number of aryl methyl sites for hydroxylation is 3. The van der Waals surface area contributed by atoms with Crippen LogP contribution in [0.25, 0.3) is 0 Å². The second-order valence-corrected chi connectivity index (χ2v) is 9.48. The molecule has 0 aromatic heterocycles. The molecule has 0 fully saturated rings. The molecular weight excluding hydrogens is 360 g/mol. The Morgan fingerprint density at radius 2 is 1.52 bits per heavy atom. The Balaban J connectivity index is 2.31. The smallest absolute Gasteiger partial charge is 0.321 e. The topological polar surface area (TPSA) is 43.4 Å². The number of benzene rings is 2. The molecule has 2 aromatic rings. The van der Waals surface area contributed by atoms with Gasteiger partial charge in [-0.25, -0.2) is 0 Å². The summed E-state index contributed by atoms with van der Waals surface area (Å²) in [6, 6.07) is 13.2. The van der Waals surface area contributed by atoms with E-state index in [1.54, 1.807) is 0 Å². The van der Waals surface area contributed by atoms with Crippen LogP contribution in [-0.2, 0) is 9.53 Å². The van der Waals surface area contributed by atoms with E-state index in [9.17, 15) is 9.59 Å². The molecule has 2 aromatic carbocycles. The van der Waals surface area contributed by atoms with Crippen LogP contribution < -0.4 is 0 Å². The molecule has 3 nitrogen and oxygen atoms in total. The van der Waals surface area contributed by atoms with Gasteiger partial charge in [0.25, 0.3) is 0 Å². The summed E-state index contributed by atoms with van der Waals surface area (Å²) in [5.74, 6) is -1.38. The minimum atomic E-state index is -0.946. The second kappa shape index (κ2) is 9.39. The molecule has 3 heteroatoms. The van der Waals surface area contributed by atoms with Gasteiger partial charge in [-0.1, -0.05) is 75.7 Å². The lowest BCUT2D eigenvalue weighted by Crippen LogP contribution is -2.27. The molecule has 0 saturated carbocycles. The van der Waals surface area contributed by atoms with Gasteiger partial charge in [-0.2, -0.15) is 0 Å². The number of rotatable bonds is 7. The van der Waals surface area contributed by atoms with E-state index < -0.39 is 11.9 Å². The van der Waals surface area contributed by atoms with Crippen LogP contribution in [0.2, 0.25) is 0 Å². The predicted octanol–water partition coefficient (Wildman–Crippen LogP) is 6.19. The molecule has 0 bridgehead atoms. The van der Waals surface area contributed by atoms with Crippen LogP contribution in [0.1, 0.15) is 72.6 Å². The van der Waals surface area contributed by atoms with E-state index in [0.29, 0.717) is 17.7 Å². The summed E-state index contributed by atoms with van der Waals surface area (Å²) >= 11 is 0. The molecule has 0 saturated heterocycles. The zero-order valence-electron chi connectivity index (χ0n) is 18.8. The normalized spacial score (nSPS) is 13.6. The van der Waals surface area contributed by atoms with Gasteiger partial charge in [-0.3, -0.25) is 9.59 Å². The average molecular weight is 395 g/mol. The number of carbonyl (C=O) groups is 2. The number of carbonyl (C=O) groups excluding carboxylic acids is 2. The third kappa shape index (κ3) is 6.28. The Hall–Kier alpha value is -2.42. The minimum absolute atomic E-state index is 0.163. The Labute approximate surface area is 175 Å². The fourth-order valence-electron chi connectivity index (χ4n) is 4.17. The van der Waals surface area contributed by atoms with Crippen molar-refractivity contribution in [3.63, 3.8) is 0 Å². The van der Waals surface area contributed by atoms with E-state index in [-0.39, 0.29) is 17.1 Å². The van der Waals surface area contributed by atoms with E-state index in [2.05, 4.69) is 27.7 Å². The molecule has 0 aliphatic heterocycles. The number of Topliss-reactive ketones (excluding diaryl/α,β-unsaturated/α-hetero) is 1. The number of hydrogen-bond donors (Lipinski definition) is 0. The molecule has 0 aliphatic carbocycles. The summed E-state index contributed by atoms with van der Waals surface area (Å²) in [7, 11) is 0. The molecular formula is C26H34O3. The van der Waals surface area contributed by atoms with E-state index >= 15 is 0 Å². The van der Waals surface area contributed by atoms with Crippen molar-refractivity contribution < 1.29 is 14.3 Å². The van der Waals surface area contributed by atoms with E-state index in [1.807, 2.05) is 63.2 Å². The Morgan fingerprint density at radius 1 is 0.966 bits per heavy atom. The average Bonchev–Trinajstić information content (AvgIpc) is 2.59. The number of ketones is 1. The van der Waals surface area contributed by atoms with Crippen molar-refractivity contribution in [2.45, 2.75) is 60.8 Å². The summed E-state index contributed by atoms with van der Waals surface area (Å²) < 4.78 is 5.65. The maximum atomic E-state index is 13.5. The molecule has 0 spiro atoms. The Bertz CT molecular complexity index is 836. The van der Waals surface area contributed by atoms with Gasteiger partial charge < -0.3 is 4.74 Å². The highest BCUT2D eigenvalue weighted by atomic mass is 16.5. The first kappa shape index (κ1) is 22.9. The predicted molar refractivity (Wildman–Crippen MR) is 118 cm³/mol. The first-order valence-electron chi connectivity index (χ1n) is 10.3. The SMILES string of the molecule is Cc1cc(C)c(C(=O)C(C(=O)OCC(C)CC(C)(C)C)c2ccccc2)c(C)c1. The van der Waals surface area contributed by atoms with Crippen molar-refractivity contribution in [2.75, 3.05) is 6.61 Å². The van der Waals surface area contributed by atoms with Gasteiger partial charge in [0, 0.05) is 5.56 Å². The molecule has 0 aliphatic rings. The monoisotopic (exact) mass is 394 g/mol. The zero-order valence-corrected chi connectivity index (χ0v) is 18.8. The molecule has 2 unspecified atom stereocenters. The van der Waals surface area contributed by atoms with Crippen molar-refractivity contribution in [1.29, 1.82) is 0 Å². The lowest BCUT2D eigenvalue weighted by Gasteiger charge is -2.24. The van der Waals surface area contributed by atoms with E-state index in [1.165, 1.54) is 0 Å². The fourth-order valence-corrected chi connectivity index (χ4v) is 4.17. The lowest BCUT2D eigenvalue weighted by molar-refractivity contribution is -0.145. The van der Waals surface area contributed by atoms with Crippen LogP contribution >= 0.6 is 0 Å². The number of ether oxygens (including phenoxy) is 1. The van der Waals surface area contributed by atoms with Crippen molar-refractivity contribution in [2.24, 2.45) is 11.3 Å². The van der Waals surface area contributed by atoms with Crippen molar-refractivity contribution >= 4 is 11.8 Å². The quantitative estimate of drug-likeness (QED) is 0.319. The lowest BCUT2D eigenvalue weighted by atomic mass is 9.85. The first-order valence-corrected chi connectivity index (χ1v) is 10.3. The number of hydrogen-bond acceptors (Lipinski definition) is 3. The largest absolute Gasteiger partial charge is 0.465 e. The summed E-state index contributed by atoms with van der Waals surface area (Å²) in [6.07, 6.45) is 0.945. The zero-order chi connectivity index (χ0) is 21.8. The maximum Gasteiger partial charge on any atom is 0.321 e. The highest BCUT2D eigenvalue weighted by molar-refractivity contribution is 6.14. The molecule has 0 heterocycles. The van der Waals surface area contributed by atoms with E-state index in [0.717, 1.165) is 23.1 Å². The number of esters is 1. The van der Waals surface area contributed by atoms with E-state index in [4.69, 9.17) is 4.74 Å². The first-order chi connectivity index (χ1) is 13.5. The Kier molecular flexibility index (Phi) is 7.40. The van der Waals surface area contributed by atoms with Crippen LogP contribution in [0, 0.1) is 32.1 Å². The molecule has 0 amide bonds. The van der Waals surface area contributed by atoms with Crippen LogP contribution in [0.4, 0.5) is 0 Å². The van der Waals surface area contributed by atoms with Crippen LogP contribution in [0.15, 0.2) is 42.5 Å². The summed E-state index contributed by atoms with van der Waals surface area (Å²) in [5, 5.41) is 0. The van der Waals surface area contributed by atoms with Gasteiger partial charge >= 0.3 is 5.97 Å². The third-order valence-corrected chi connectivity index (χ3v) is 5.03. The van der Waals surface area contributed by atoms with Crippen molar-refractivity contribution in [1.82, 2.24) is 0 Å². The van der Waals surface area contributed by atoms with Gasteiger partial charge in [-0.05, 0) is 55.2 Å². The van der Waals surface area contributed by atoms with Crippen molar-refractivity contribution in [3.05, 3.63) is 70.3 Å². The molecule has 0 radical (unpaired) electrons. The van der Waals surface area contributed by atoms with Crippen LogP contribution in [-0.4, -0.2) is 18.4 Å². The van der Waals surface area contributed by atoms with Gasteiger partial charge in [0.2, 0.25) is 0 Å². The van der Waals surface area contributed by atoms with Crippen LogP contribution in [0.3, 0.4) is 0 Å². The Morgan fingerprint density at radius 3 is 2.03 bits per heavy atom. The van der Waals surface area contributed by atoms with Gasteiger partial charge in [0.05, 0.1) is 6.61 Å². The summed E-state index contributed by atoms with van der Waals surface area (Å²) in [5.41, 5.74) is 4.34. The highest BCUT2D eigenvalue weighted by Gasteiger charge is 2.33. The van der Waals surface area contributed by atoms with Crippen LogP contribution in [0.5, 0.6) is 0 Å². The van der Waals surface area contributed by atoms with Gasteiger partial charge in [-0.15, -0.1) is 0 Å². The van der Waals surface area contributed by atoms with Gasteiger partial charge in [0.1, 0.15) is 5.92 Å². The fraction of sp³-hybridized carbons (Fsp3) is 0.462. The third-order valence-electron chi connectivity index (χ3n) is 5.03. The maximum absolute atomic E-state index is 13.5. The van der Waals surface area contributed by atoms with Gasteiger partial charge in [0.15, 0.2) is 5.78 Å². The molecule has 0 N–H and O–H groups in total.